The minimum absolute atomic E-state index is 0.000603. The summed E-state index contributed by atoms with van der Waals surface area (Å²) in [5.74, 6) is -3.20. The molecule has 1 aliphatic rings. The first-order chi connectivity index (χ1) is 11.2. The molecule has 1 saturated heterocycles. The fourth-order valence-corrected chi connectivity index (χ4v) is 2.58. The van der Waals surface area contributed by atoms with Crippen LogP contribution in [0.1, 0.15) is 12.5 Å². The Morgan fingerprint density at radius 1 is 1.46 bits per heavy atom. The van der Waals surface area contributed by atoms with Crippen molar-refractivity contribution >= 4 is 0 Å². The van der Waals surface area contributed by atoms with E-state index in [1.165, 1.54) is 0 Å². The average molecular weight is 351 g/mol. The predicted molar refractivity (Wildman–Crippen MR) is 73.4 cm³/mol. The topological polar surface area (TPSA) is 168 Å². The lowest BCUT2D eigenvalue weighted by Crippen LogP contribution is -2.68. The molecule has 0 amide bonds. The third kappa shape index (κ3) is 2.39. The Labute approximate surface area is 133 Å². The zero-order valence-electron chi connectivity index (χ0n) is 12.6. The normalized spacial score (nSPS) is 33.3. The number of ether oxygens (including phenoxy) is 1. The van der Waals surface area contributed by atoms with Crippen LogP contribution in [0.5, 0.6) is 0 Å². The zero-order chi connectivity index (χ0) is 18.3. The van der Waals surface area contributed by atoms with E-state index in [0.717, 1.165) is 6.20 Å². The highest BCUT2D eigenvalue weighted by atomic mass is 19.1. The van der Waals surface area contributed by atoms with Crippen LogP contribution >= 0.6 is 0 Å². The maximum atomic E-state index is 12.9. The first-order valence-corrected chi connectivity index (χ1v) is 6.96. The van der Waals surface area contributed by atoms with Crippen molar-refractivity contribution in [2.75, 3.05) is 13.4 Å². The molecule has 11 nitrogen and oxygen atoms in total. The minimum Gasteiger partial charge on any atom is -0.394 e. The second-order valence-electron chi connectivity index (χ2n) is 5.27. The summed E-state index contributed by atoms with van der Waals surface area (Å²) in [5, 5.41) is 49.5. The average Bonchev–Trinajstić information content (AvgIpc) is 2.76. The van der Waals surface area contributed by atoms with Gasteiger partial charge in [0.2, 0.25) is 5.72 Å². The fourth-order valence-electron chi connectivity index (χ4n) is 2.58. The lowest BCUT2D eigenvalue weighted by atomic mass is 10.0. The number of hydrogen-bond donors (Lipinski definition) is 6. The molecule has 0 unspecified atom stereocenters. The van der Waals surface area contributed by atoms with Gasteiger partial charge in [-0.1, -0.05) is 6.92 Å². The molecule has 0 radical (unpaired) electrons. The summed E-state index contributed by atoms with van der Waals surface area (Å²) < 4.78 is 18.1. The smallest absolute Gasteiger partial charge is 0.332 e. The summed E-state index contributed by atoms with van der Waals surface area (Å²) in [6.07, 6.45) is -2.89. The van der Waals surface area contributed by atoms with Crippen LogP contribution in [0.25, 0.3) is 0 Å². The van der Waals surface area contributed by atoms with Gasteiger partial charge in [-0.05, 0) is 6.42 Å². The molecule has 1 aromatic rings. The van der Waals surface area contributed by atoms with Crippen molar-refractivity contribution in [3.05, 3.63) is 32.6 Å². The molecule has 24 heavy (non-hydrogen) atoms. The molecule has 2 rings (SSSR count). The van der Waals surface area contributed by atoms with Gasteiger partial charge < -0.3 is 30.4 Å². The number of H-pyrrole nitrogens is 1. The monoisotopic (exact) mass is 351 g/mol. The molecule has 0 bridgehead atoms. The van der Waals surface area contributed by atoms with E-state index >= 15 is 0 Å². The highest BCUT2D eigenvalue weighted by Crippen LogP contribution is 2.42. The molecule has 1 aliphatic heterocycles. The third-order valence-corrected chi connectivity index (χ3v) is 3.97. The second-order valence-corrected chi connectivity index (χ2v) is 5.27. The summed E-state index contributed by atoms with van der Waals surface area (Å²) >= 11 is 0. The van der Waals surface area contributed by atoms with Crippen LogP contribution in [0.15, 0.2) is 15.8 Å². The number of aryl methyl sites for hydroxylation is 1. The van der Waals surface area contributed by atoms with Crippen molar-refractivity contribution in [3.63, 3.8) is 0 Å². The van der Waals surface area contributed by atoms with E-state index in [1.54, 1.807) is 6.92 Å². The molecule has 136 valence electrons. The van der Waals surface area contributed by atoms with Gasteiger partial charge in [0.15, 0.2) is 6.80 Å². The SMILES string of the molecule is CCc1cn([C@]2(O)O[C@H](CO)[C@@H](O)[C@]2(O)N(O)CF)c(=O)[nH]c1=O. The number of alkyl halides is 1. The Hall–Kier alpha value is -1.67. The van der Waals surface area contributed by atoms with E-state index in [4.69, 9.17) is 4.74 Å². The highest BCUT2D eigenvalue weighted by Gasteiger charge is 2.70. The Balaban J connectivity index is 2.73. The summed E-state index contributed by atoms with van der Waals surface area (Å²) in [6, 6.07) is 0. The molecule has 6 N–H and O–H groups in total. The number of hydroxylamine groups is 2. The fraction of sp³-hybridized carbons (Fsp3) is 0.667. The maximum absolute atomic E-state index is 12.9. The molecular weight excluding hydrogens is 333 g/mol. The number of nitrogens with one attached hydrogen (secondary N) is 1. The molecular formula is C12H18FN3O8. The van der Waals surface area contributed by atoms with Crippen LogP contribution < -0.4 is 11.2 Å². The second kappa shape index (κ2) is 6.33. The number of halogens is 1. The van der Waals surface area contributed by atoms with Crippen molar-refractivity contribution in [2.45, 2.75) is 37.2 Å². The van der Waals surface area contributed by atoms with Crippen LogP contribution in [-0.4, -0.2) is 71.6 Å². The van der Waals surface area contributed by atoms with Crippen molar-refractivity contribution < 1.29 is 34.8 Å². The van der Waals surface area contributed by atoms with Crippen LogP contribution in [0.2, 0.25) is 0 Å². The predicted octanol–water partition coefficient (Wildman–Crippen LogP) is -3.24. The first kappa shape index (κ1) is 18.7. The van der Waals surface area contributed by atoms with E-state index in [2.05, 4.69) is 0 Å². The summed E-state index contributed by atoms with van der Waals surface area (Å²) in [5.41, 5.74) is -5.26. The number of hydrogen-bond acceptors (Lipinski definition) is 9. The van der Waals surface area contributed by atoms with Gasteiger partial charge in [0, 0.05) is 11.8 Å². The zero-order valence-corrected chi connectivity index (χ0v) is 12.6. The van der Waals surface area contributed by atoms with Crippen LogP contribution in [-0.2, 0) is 17.1 Å². The van der Waals surface area contributed by atoms with Crippen molar-refractivity contribution in [1.29, 1.82) is 0 Å². The van der Waals surface area contributed by atoms with Crippen LogP contribution in [0.3, 0.4) is 0 Å². The van der Waals surface area contributed by atoms with Crippen molar-refractivity contribution in [3.8, 4) is 0 Å². The quantitative estimate of drug-likeness (QED) is 0.181. The number of aromatic nitrogens is 2. The minimum atomic E-state index is -3.25. The first-order valence-electron chi connectivity index (χ1n) is 6.96. The summed E-state index contributed by atoms with van der Waals surface area (Å²) in [4.78, 5) is 25.5. The lowest BCUT2D eigenvalue weighted by Gasteiger charge is -2.40. The molecule has 1 fully saturated rings. The highest BCUT2D eigenvalue weighted by molar-refractivity contribution is 5.09. The van der Waals surface area contributed by atoms with Crippen LogP contribution in [0, 0.1) is 0 Å². The number of aliphatic hydroxyl groups excluding tert-OH is 2. The van der Waals surface area contributed by atoms with Gasteiger partial charge in [-0.25, -0.2) is 13.8 Å². The van der Waals surface area contributed by atoms with E-state index in [-0.39, 0.29) is 12.0 Å². The van der Waals surface area contributed by atoms with Gasteiger partial charge in [0.05, 0.1) is 6.61 Å². The Morgan fingerprint density at radius 2 is 2.08 bits per heavy atom. The number of rotatable bonds is 5. The largest absolute Gasteiger partial charge is 0.394 e. The molecule has 0 aliphatic carbocycles. The summed E-state index contributed by atoms with van der Waals surface area (Å²) in [6.45, 7) is -1.11. The molecule has 2 heterocycles. The molecule has 0 spiro atoms. The summed E-state index contributed by atoms with van der Waals surface area (Å²) in [7, 11) is 0. The number of aliphatic hydroxyl groups is 4. The maximum Gasteiger partial charge on any atom is 0.332 e. The van der Waals surface area contributed by atoms with E-state index in [1.807, 2.05) is 4.98 Å². The van der Waals surface area contributed by atoms with Gasteiger partial charge in [-0.3, -0.25) is 9.78 Å². The Morgan fingerprint density at radius 3 is 2.58 bits per heavy atom. The van der Waals surface area contributed by atoms with Crippen molar-refractivity contribution in [2.24, 2.45) is 0 Å². The number of nitrogens with zero attached hydrogens (tertiary/aromatic N) is 2. The molecule has 0 saturated carbocycles. The van der Waals surface area contributed by atoms with Gasteiger partial charge in [-0.15, -0.1) is 5.06 Å². The van der Waals surface area contributed by atoms with E-state index in [9.17, 15) is 39.6 Å². The standard InChI is InChI=1S/C12H18FN3O8/c1-2-6-3-15(10(20)14-9(6)19)12(22)11(21,16(23)5-13)8(18)7(4-17)24-12/h3,7-8,17-18,21-23H,2,4-5H2,1H3,(H,14,19,20)/t7-,8-,11-,12-/m1/s1. The van der Waals surface area contributed by atoms with Crippen LogP contribution in [0.4, 0.5) is 4.39 Å². The third-order valence-electron chi connectivity index (χ3n) is 3.97. The Bertz CT molecular complexity index is 723. The molecule has 0 aromatic carbocycles. The van der Waals surface area contributed by atoms with Gasteiger partial charge in [0.25, 0.3) is 5.56 Å². The number of aromatic amines is 1. The molecule has 1 aromatic heterocycles. The van der Waals surface area contributed by atoms with Gasteiger partial charge in [-0.2, -0.15) is 0 Å². The van der Waals surface area contributed by atoms with E-state index in [0.29, 0.717) is 4.57 Å². The van der Waals surface area contributed by atoms with E-state index < -0.39 is 53.6 Å². The molecule has 4 atom stereocenters. The van der Waals surface area contributed by atoms with Gasteiger partial charge in [0.1, 0.15) is 12.2 Å². The Kier molecular flexibility index (Phi) is 4.92. The van der Waals surface area contributed by atoms with Gasteiger partial charge >= 0.3 is 11.6 Å². The lowest BCUT2D eigenvalue weighted by molar-refractivity contribution is -0.416. The van der Waals surface area contributed by atoms with Crippen molar-refractivity contribution in [1.82, 2.24) is 14.6 Å². The molecule has 12 heteroatoms.